The summed E-state index contributed by atoms with van der Waals surface area (Å²) < 4.78 is 27.9. The molecule has 0 aromatic carbocycles. The van der Waals surface area contributed by atoms with Crippen molar-refractivity contribution in [3.8, 4) is 0 Å². The van der Waals surface area contributed by atoms with Crippen LogP contribution in [0.25, 0.3) is 0 Å². The molecule has 1 spiro atoms. The van der Waals surface area contributed by atoms with E-state index in [9.17, 15) is 13.6 Å². The maximum atomic E-state index is 13.9. The lowest BCUT2D eigenvalue weighted by atomic mass is 9.74. The normalized spacial score (nSPS) is 38.2. The van der Waals surface area contributed by atoms with E-state index in [0.717, 1.165) is 5.56 Å². The fraction of sp³-hybridized carbons (Fsp3) is 0.700. The van der Waals surface area contributed by atoms with Crippen LogP contribution in [0.1, 0.15) is 37.3 Å². The second-order valence-electron chi connectivity index (χ2n) is 9.28. The number of carbonyl (C=O) groups excluding carboxylic acids is 1. The van der Waals surface area contributed by atoms with Crippen molar-refractivity contribution in [3.05, 3.63) is 30.1 Å². The molecule has 1 amide bonds. The van der Waals surface area contributed by atoms with Gasteiger partial charge in [0.05, 0.1) is 18.1 Å². The number of nitrogens with one attached hydrogen (secondary N) is 3. The lowest BCUT2D eigenvalue weighted by molar-refractivity contribution is -0.151. The molecule has 5 atom stereocenters. The molecule has 1 aliphatic carbocycles. The van der Waals surface area contributed by atoms with Gasteiger partial charge in [-0.05, 0) is 36.0 Å². The van der Waals surface area contributed by atoms with Gasteiger partial charge in [-0.25, -0.2) is 19.6 Å². The fourth-order valence-corrected chi connectivity index (χ4v) is 5.84. The smallest absolute Gasteiger partial charge is 0.250 e. The average Bonchev–Trinajstić information content (AvgIpc) is 3.24. The highest BCUT2D eigenvalue weighted by Crippen LogP contribution is 2.52. The van der Waals surface area contributed by atoms with Crippen molar-refractivity contribution in [2.45, 2.75) is 56.1 Å². The minimum atomic E-state index is -2.66. The van der Waals surface area contributed by atoms with Gasteiger partial charge in [-0.3, -0.25) is 20.0 Å². The number of amides is 1. The number of halogens is 2. The van der Waals surface area contributed by atoms with Crippen LogP contribution >= 0.6 is 0 Å². The van der Waals surface area contributed by atoms with E-state index in [2.05, 4.69) is 26.1 Å². The van der Waals surface area contributed by atoms with E-state index >= 15 is 0 Å². The van der Waals surface area contributed by atoms with Gasteiger partial charge in [-0.2, -0.15) is 0 Å². The second kappa shape index (κ2) is 7.16. The van der Waals surface area contributed by atoms with Crippen molar-refractivity contribution in [1.29, 1.82) is 0 Å². The van der Waals surface area contributed by atoms with Crippen LogP contribution in [0.5, 0.6) is 0 Å². The Morgan fingerprint density at radius 1 is 1.20 bits per heavy atom. The van der Waals surface area contributed by atoms with Crippen molar-refractivity contribution in [1.82, 2.24) is 31.0 Å². The third-order valence-electron chi connectivity index (χ3n) is 7.56. The summed E-state index contributed by atoms with van der Waals surface area (Å²) >= 11 is 0. The van der Waals surface area contributed by atoms with Crippen molar-refractivity contribution < 1.29 is 13.6 Å². The van der Waals surface area contributed by atoms with Gasteiger partial charge in [-0.1, -0.05) is 0 Å². The SMILES string of the molecule is CN1C(=O)C2C(NNC2c2ccncc2)NC1N1CCC2(CC1)CC(F)(F)C[C@H]2N. The van der Waals surface area contributed by atoms with E-state index in [1.807, 2.05) is 12.1 Å². The van der Waals surface area contributed by atoms with Gasteiger partial charge in [0.2, 0.25) is 11.8 Å². The number of alkyl halides is 2. The number of hydrogen-bond acceptors (Lipinski definition) is 7. The third-order valence-corrected chi connectivity index (χ3v) is 7.56. The molecule has 4 heterocycles. The molecule has 8 nitrogen and oxygen atoms in total. The maximum absolute atomic E-state index is 13.9. The lowest BCUT2D eigenvalue weighted by Gasteiger charge is -2.50. The molecule has 5 N–H and O–H groups in total. The van der Waals surface area contributed by atoms with Gasteiger partial charge in [0.25, 0.3) is 0 Å². The van der Waals surface area contributed by atoms with Crippen molar-refractivity contribution >= 4 is 5.91 Å². The standard InChI is InChI=1S/C20H29F2N7O/c1-28-17(30)14-15(12-2-6-24-7-3-12)26-27-16(14)25-18(28)29-8-4-19(5-9-29)11-20(21,22)10-13(19)23/h2-3,6-7,13-16,18,25-27H,4-5,8-11,23H2,1H3/t13-,14?,15?,16?,18?/m1/s1. The number of hydrazine groups is 1. The van der Waals surface area contributed by atoms with Crippen LogP contribution in [-0.4, -0.2) is 65.2 Å². The first-order valence-corrected chi connectivity index (χ1v) is 10.6. The van der Waals surface area contributed by atoms with Gasteiger partial charge in [0.1, 0.15) is 6.29 Å². The molecule has 4 fully saturated rings. The third kappa shape index (κ3) is 3.21. The average molecular weight is 421 g/mol. The highest BCUT2D eigenvalue weighted by atomic mass is 19.3. The molecular weight excluding hydrogens is 392 g/mol. The summed E-state index contributed by atoms with van der Waals surface area (Å²) in [5.74, 6) is -2.90. The predicted molar refractivity (Wildman–Crippen MR) is 106 cm³/mol. The summed E-state index contributed by atoms with van der Waals surface area (Å²) in [6.45, 7) is 1.27. The van der Waals surface area contributed by atoms with Gasteiger partial charge >= 0.3 is 0 Å². The second-order valence-corrected chi connectivity index (χ2v) is 9.28. The van der Waals surface area contributed by atoms with E-state index in [0.29, 0.717) is 25.9 Å². The summed E-state index contributed by atoms with van der Waals surface area (Å²) in [5, 5.41) is 3.53. The van der Waals surface area contributed by atoms with Gasteiger partial charge in [0.15, 0.2) is 0 Å². The number of nitrogens with two attached hydrogens (primary N) is 1. The van der Waals surface area contributed by atoms with E-state index < -0.39 is 17.4 Å². The Morgan fingerprint density at radius 3 is 2.53 bits per heavy atom. The Bertz CT molecular complexity index is 802. The molecule has 164 valence electrons. The number of aromatic nitrogens is 1. The largest absolute Gasteiger partial charge is 0.327 e. The summed E-state index contributed by atoms with van der Waals surface area (Å²) in [6.07, 6.45) is 3.86. The molecule has 0 radical (unpaired) electrons. The first kappa shape index (κ1) is 20.2. The van der Waals surface area contributed by atoms with Crippen molar-refractivity contribution in [3.63, 3.8) is 0 Å². The number of likely N-dealkylation sites (tertiary alicyclic amines) is 1. The van der Waals surface area contributed by atoms with Crippen molar-refractivity contribution in [2.24, 2.45) is 17.1 Å². The number of pyridine rings is 1. The number of piperidine rings is 1. The topological polar surface area (TPSA) is 98.5 Å². The molecule has 1 aromatic heterocycles. The first-order chi connectivity index (χ1) is 14.3. The minimum absolute atomic E-state index is 0.0486. The van der Waals surface area contributed by atoms with Crippen LogP contribution in [0.4, 0.5) is 8.78 Å². The molecule has 5 rings (SSSR count). The molecule has 4 aliphatic rings. The zero-order chi connectivity index (χ0) is 21.1. The number of hydrogen-bond donors (Lipinski definition) is 4. The highest BCUT2D eigenvalue weighted by molar-refractivity contribution is 5.81. The van der Waals surface area contributed by atoms with Crippen LogP contribution in [0.2, 0.25) is 0 Å². The van der Waals surface area contributed by atoms with E-state index in [1.165, 1.54) is 0 Å². The number of carbonyl (C=O) groups is 1. The molecule has 1 saturated carbocycles. The molecule has 3 saturated heterocycles. The molecule has 30 heavy (non-hydrogen) atoms. The lowest BCUT2D eigenvalue weighted by Crippen LogP contribution is -2.70. The summed E-state index contributed by atoms with van der Waals surface area (Å²) in [4.78, 5) is 21.2. The highest BCUT2D eigenvalue weighted by Gasteiger charge is 2.56. The number of fused-ring (bicyclic) bond motifs is 1. The van der Waals surface area contributed by atoms with Crippen molar-refractivity contribution in [2.75, 3.05) is 20.1 Å². The Labute approximate surface area is 174 Å². The monoisotopic (exact) mass is 421 g/mol. The zero-order valence-electron chi connectivity index (χ0n) is 17.0. The fourth-order valence-electron chi connectivity index (χ4n) is 5.84. The van der Waals surface area contributed by atoms with E-state index in [-0.39, 0.29) is 43.2 Å². The Balaban J connectivity index is 1.28. The van der Waals surface area contributed by atoms with Gasteiger partial charge in [-0.15, -0.1) is 0 Å². The number of nitrogens with zero attached hydrogens (tertiary/aromatic N) is 3. The molecule has 4 unspecified atom stereocenters. The molecule has 3 aliphatic heterocycles. The Morgan fingerprint density at radius 2 is 1.90 bits per heavy atom. The van der Waals surface area contributed by atoms with E-state index in [4.69, 9.17) is 5.73 Å². The Kier molecular flexibility index (Phi) is 4.82. The summed E-state index contributed by atoms with van der Waals surface area (Å²) in [5.41, 5.74) is 13.1. The minimum Gasteiger partial charge on any atom is -0.327 e. The van der Waals surface area contributed by atoms with E-state index in [1.54, 1.807) is 24.3 Å². The van der Waals surface area contributed by atoms with Crippen LogP contribution < -0.4 is 21.9 Å². The van der Waals surface area contributed by atoms with Crippen LogP contribution in [0, 0.1) is 11.3 Å². The van der Waals surface area contributed by atoms with Crippen LogP contribution in [0.15, 0.2) is 24.5 Å². The zero-order valence-corrected chi connectivity index (χ0v) is 17.0. The van der Waals surface area contributed by atoms with Crippen LogP contribution in [-0.2, 0) is 4.79 Å². The van der Waals surface area contributed by atoms with Gasteiger partial charge in [0, 0.05) is 51.4 Å². The summed E-state index contributed by atoms with van der Waals surface area (Å²) in [7, 11) is 1.80. The molecule has 10 heteroatoms. The number of rotatable bonds is 2. The summed E-state index contributed by atoms with van der Waals surface area (Å²) in [6, 6.07) is 3.21. The van der Waals surface area contributed by atoms with Crippen LogP contribution in [0.3, 0.4) is 0 Å². The molecule has 0 bridgehead atoms. The predicted octanol–water partition coefficient (Wildman–Crippen LogP) is 0.357. The molecular formula is C20H29F2N7O. The quantitative estimate of drug-likeness (QED) is 0.547. The molecule has 1 aromatic rings. The maximum Gasteiger partial charge on any atom is 0.250 e. The Hall–Kier alpha value is -1.72. The first-order valence-electron chi connectivity index (χ1n) is 10.6. The van der Waals surface area contributed by atoms with Gasteiger partial charge < -0.3 is 10.6 Å².